The minimum atomic E-state index is -4.88. The van der Waals surface area contributed by atoms with E-state index in [4.69, 9.17) is 38.0 Å². The van der Waals surface area contributed by atoms with Crippen LogP contribution in [0.3, 0.4) is 0 Å². The number of hydrogen-bond acceptors (Lipinski definition) is 17. The Labute approximate surface area is 332 Å². The van der Waals surface area contributed by atoms with Gasteiger partial charge in [0.1, 0.15) is 48.6 Å². The summed E-state index contributed by atoms with van der Waals surface area (Å²) < 4.78 is 72.9. The van der Waals surface area contributed by atoms with Crippen LogP contribution in [0.25, 0.3) is 11.2 Å². The Hall–Kier alpha value is -4.37. The van der Waals surface area contributed by atoms with Gasteiger partial charge in [0, 0.05) is 42.7 Å². The Morgan fingerprint density at radius 2 is 1.67 bits per heavy atom. The van der Waals surface area contributed by atoms with E-state index in [0.29, 0.717) is 16.7 Å². The first-order chi connectivity index (χ1) is 27.8. The summed E-state index contributed by atoms with van der Waals surface area (Å²) in [6.07, 6.45) is -4.45. The average Bonchev–Trinajstić information content (AvgIpc) is 3.91. The molecule has 0 amide bonds. The zero-order chi connectivity index (χ0) is 40.8. The average molecular weight is 858 g/mol. The Kier molecular flexibility index (Phi) is 11.4. The third-order valence-corrected chi connectivity index (χ3v) is 14.5. The van der Waals surface area contributed by atoms with Crippen LogP contribution < -0.4 is 17.0 Å². The maximum atomic E-state index is 15.1. The number of aromatic nitrogens is 6. The van der Waals surface area contributed by atoms with Gasteiger partial charge in [-0.25, -0.2) is 28.9 Å². The summed E-state index contributed by atoms with van der Waals surface area (Å²) in [5.74, 6) is 0.00328. The number of nitrogen functional groups attached to an aromatic ring is 1. The molecule has 306 valence electrons. The van der Waals surface area contributed by atoms with Gasteiger partial charge < -0.3 is 24.8 Å². The van der Waals surface area contributed by atoms with E-state index in [2.05, 4.69) is 19.9 Å². The molecule has 20 nitrogen and oxygen atoms in total. The number of nitrogens with one attached hydrogen (secondary N) is 1. The van der Waals surface area contributed by atoms with Crippen LogP contribution in [0.2, 0.25) is 0 Å². The lowest BCUT2D eigenvalue weighted by molar-refractivity contribution is -0.0636. The Bertz CT molecular complexity index is 2540. The molecule has 5 aromatic rings. The number of fused-ring (bicyclic) bond motifs is 4. The maximum absolute atomic E-state index is 15.1. The lowest BCUT2D eigenvalue weighted by atomic mass is 10.0. The minimum Gasteiger partial charge on any atom is -0.382 e. The molecule has 3 saturated heterocycles. The Morgan fingerprint density at radius 1 is 0.948 bits per heavy atom. The largest absolute Gasteiger partial charge is 0.472 e. The molecule has 2 bridgehead atoms. The van der Waals surface area contributed by atoms with Gasteiger partial charge in [-0.3, -0.25) is 41.8 Å². The number of imidazole rings is 1. The number of methoxy groups -OCH3 is 1. The van der Waals surface area contributed by atoms with Crippen molar-refractivity contribution >= 4 is 48.8 Å². The fourth-order valence-electron chi connectivity index (χ4n) is 6.86. The highest BCUT2D eigenvalue weighted by atomic mass is 32.7. The fourth-order valence-corrected chi connectivity index (χ4v) is 11.2. The number of phosphoric acid groups is 1. The molecule has 9 atom stereocenters. The van der Waals surface area contributed by atoms with E-state index >= 15 is 4.57 Å². The summed E-state index contributed by atoms with van der Waals surface area (Å²) in [7, 11) is -3.53. The van der Waals surface area contributed by atoms with E-state index in [9.17, 15) is 23.8 Å². The van der Waals surface area contributed by atoms with E-state index in [0.717, 1.165) is 27.6 Å². The normalized spacial score (nSPS) is 30.3. The molecule has 0 spiro atoms. The smallest absolute Gasteiger partial charge is 0.382 e. The van der Waals surface area contributed by atoms with Crippen LogP contribution >= 0.6 is 26.0 Å². The van der Waals surface area contributed by atoms with Crippen LogP contribution in [0.1, 0.15) is 45.9 Å². The summed E-state index contributed by atoms with van der Waals surface area (Å²) in [5.41, 5.74) is 7.81. The number of nitrogens with zero attached hydrogens (tertiary/aromatic N) is 5. The molecule has 0 aliphatic carbocycles. The summed E-state index contributed by atoms with van der Waals surface area (Å²) in [4.78, 5) is 63.2. The zero-order valence-electron chi connectivity index (χ0n) is 30.8. The van der Waals surface area contributed by atoms with Crippen molar-refractivity contribution in [1.29, 1.82) is 0 Å². The molecule has 3 fully saturated rings. The summed E-state index contributed by atoms with van der Waals surface area (Å²) >= 11 is 0.829. The molecule has 0 saturated carbocycles. The third-order valence-electron chi connectivity index (χ3n) is 9.80. The highest BCUT2D eigenvalue weighted by molar-refractivity contribution is 8.54. The van der Waals surface area contributed by atoms with Gasteiger partial charge in [-0.1, -0.05) is 54.1 Å². The van der Waals surface area contributed by atoms with Crippen molar-refractivity contribution in [3.05, 3.63) is 117 Å². The number of aromatic amines is 1. The molecular weight excluding hydrogens is 820 g/mol. The van der Waals surface area contributed by atoms with E-state index in [1.54, 1.807) is 36.4 Å². The number of hydrogen-bond donors (Lipinski definition) is 3. The van der Waals surface area contributed by atoms with Crippen molar-refractivity contribution < 1.29 is 51.1 Å². The van der Waals surface area contributed by atoms with Crippen molar-refractivity contribution in [3.8, 4) is 0 Å². The van der Waals surface area contributed by atoms with Crippen molar-refractivity contribution in [1.82, 2.24) is 29.1 Å². The quantitative estimate of drug-likeness (QED) is 0.149. The van der Waals surface area contributed by atoms with Gasteiger partial charge in [-0.2, -0.15) is 0 Å². The number of aryl methyl sites for hydroxylation is 1. The summed E-state index contributed by atoms with van der Waals surface area (Å²) in [6.45, 7) is -3.49. The number of nitrogens with two attached hydrogens (primary N) is 1. The monoisotopic (exact) mass is 857 g/mol. The number of carbonyl (C=O) groups is 1. The molecule has 4 N–H and O–H groups in total. The lowest BCUT2D eigenvalue weighted by Gasteiger charge is -2.28. The molecule has 3 aliphatic rings. The molecule has 58 heavy (non-hydrogen) atoms. The zero-order valence-corrected chi connectivity index (χ0v) is 33.4. The van der Waals surface area contributed by atoms with Crippen molar-refractivity contribution in [3.63, 3.8) is 0 Å². The molecule has 2 aromatic carbocycles. The van der Waals surface area contributed by atoms with Gasteiger partial charge in [0.25, 0.3) is 5.56 Å². The van der Waals surface area contributed by atoms with Crippen molar-refractivity contribution in [2.75, 3.05) is 26.1 Å². The van der Waals surface area contributed by atoms with E-state index in [-0.39, 0.29) is 34.9 Å². The van der Waals surface area contributed by atoms with Gasteiger partial charge >= 0.3 is 20.3 Å². The van der Waals surface area contributed by atoms with Gasteiger partial charge in [0.2, 0.25) is 0 Å². The van der Waals surface area contributed by atoms with E-state index in [1.807, 2.05) is 19.1 Å². The maximum Gasteiger partial charge on any atom is 0.472 e. The lowest BCUT2D eigenvalue weighted by Crippen LogP contribution is -2.37. The molecule has 3 aliphatic heterocycles. The Morgan fingerprint density at radius 3 is 2.40 bits per heavy atom. The first kappa shape index (κ1) is 40.4. The standard InChI is InChI=1S/C35H37N7O13P2S/c1-19-3-7-21(8-4-19)29(44)22-9-5-20(6-10-22)16-58-57(48)51-14-24-23(13-27(52-24)41-12-11-26(43)40-35(41)45)54-56(46,47)50-15-25-30(49-2)31(55-57)34(53-25)42-18-39-28-32(36)37-17-38-33(28)42/h3-12,17-18,23-25,27,30-31,34H,13-16H2,1-2H3,(H,46,47)(H2,36,37,38)(H,40,43,45)/t23-,24+,25+,27+,30+,31+,34+,57?/m0/s1. The van der Waals surface area contributed by atoms with Crippen LogP contribution in [0.4, 0.5) is 5.82 Å². The first-order valence-corrected chi connectivity index (χ1v) is 22.4. The molecule has 0 radical (unpaired) electrons. The summed E-state index contributed by atoms with van der Waals surface area (Å²) in [6, 6.07) is 15.2. The van der Waals surface area contributed by atoms with E-state index in [1.165, 1.54) is 30.5 Å². The second-order valence-electron chi connectivity index (χ2n) is 13.6. The SMILES string of the molecule is CO[C@H]1[C@H]2OP(=O)(SCc3ccc(C(=O)c4ccc(C)cc4)cc3)OC[C@H]3O[C@@H](n4ccc(=O)[nH]c4=O)C[C@@H]3OP(=O)(O)OC[C@H]1O[C@H]2n1cnc2c(N)ncnc21. The van der Waals surface area contributed by atoms with Crippen molar-refractivity contribution in [2.45, 2.75) is 62.1 Å². The topological polar surface area (TPSA) is 261 Å². The Balaban J connectivity index is 1.12. The highest BCUT2D eigenvalue weighted by Crippen LogP contribution is 2.65. The van der Waals surface area contributed by atoms with Crippen molar-refractivity contribution in [2.24, 2.45) is 0 Å². The molecule has 8 rings (SSSR count). The second kappa shape index (κ2) is 16.4. The number of benzene rings is 2. The van der Waals surface area contributed by atoms with Crippen LogP contribution in [-0.4, -0.2) is 90.6 Å². The predicted octanol–water partition coefficient (Wildman–Crippen LogP) is 3.66. The number of H-pyrrole nitrogens is 1. The molecule has 6 heterocycles. The van der Waals surface area contributed by atoms with E-state index < -0.39 is 82.1 Å². The predicted molar refractivity (Wildman–Crippen MR) is 206 cm³/mol. The molecule has 2 unspecified atom stereocenters. The fraction of sp³-hybridized carbons (Fsp3) is 0.371. The van der Waals surface area contributed by atoms with Gasteiger partial charge in [0.15, 0.2) is 23.5 Å². The van der Waals surface area contributed by atoms with Crippen LogP contribution in [0, 0.1) is 6.92 Å². The minimum absolute atomic E-state index is 0.0726. The molecule has 23 heteroatoms. The van der Waals surface area contributed by atoms with Gasteiger partial charge in [-0.15, -0.1) is 0 Å². The number of ether oxygens (including phenoxy) is 3. The number of anilines is 1. The second-order valence-corrected chi connectivity index (χ2v) is 19.1. The molecular formula is C35H37N7O13P2S. The first-order valence-electron chi connectivity index (χ1n) is 17.8. The number of phosphoric ester groups is 1. The van der Waals surface area contributed by atoms with Crippen LogP contribution in [-0.2, 0) is 47.2 Å². The molecule has 3 aromatic heterocycles. The van der Waals surface area contributed by atoms with Gasteiger partial charge in [0.05, 0.1) is 19.5 Å². The number of rotatable bonds is 8. The van der Waals surface area contributed by atoms with Crippen LogP contribution in [0.5, 0.6) is 0 Å². The number of carbonyl (C=O) groups excluding carboxylic acids is 1. The third kappa shape index (κ3) is 8.39. The summed E-state index contributed by atoms with van der Waals surface area (Å²) in [5, 5.41) is 0. The van der Waals surface area contributed by atoms with Gasteiger partial charge in [-0.05, 0) is 23.9 Å². The van der Waals surface area contributed by atoms with Crippen LogP contribution in [0.15, 0.2) is 83.0 Å². The number of ketones is 1. The highest BCUT2D eigenvalue weighted by Gasteiger charge is 2.53.